The van der Waals surface area contributed by atoms with Crippen molar-refractivity contribution in [3.8, 4) is 0 Å². The molecule has 0 aromatic heterocycles. The molecule has 3 saturated heterocycles. The van der Waals surface area contributed by atoms with Gasteiger partial charge in [-0.15, -0.1) is 0 Å². The van der Waals surface area contributed by atoms with E-state index in [9.17, 15) is 19.2 Å². The van der Waals surface area contributed by atoms with Crippen LogP contribution in [0.15, 0.2) is 47.6 Å². The van der Waals surface area contributed by atoms with Gasteiger partial charge in [0.1, 0.15) is 0 Å². The predicted octanol–water partition coefficient (Wildman–Crippen LogP) is 10.5. The molecule has 344 valence electrons. The molecule has 3 heterocycles. The number of allylic oxidation sites excluding steroid dienone is 4. The maximum absolute atomic E-state index is 10.8. The molecule has 11 nitrogen and oxygen atoms in total. The topological polar surface area (TPSA) is 168 Å². The first-order valence-electron chi connectivity index (χ1n) is 23.6. The zero-order valence-electron chi connectivity index (χ0n) is 38.2. The Kier molecular flexibility index (Phi) is 30.4. The third-order valence-electron chi connectivity index (χ3n) is 11.9. The van der Waals surface area contributed by atoms with Gasteiger partial charge in [-0.2, -0.15) is 0 Å². The number of rotatable bonds is 21. The van der Waals surface area contributed by atoms with Crippen molar-refractivity contribution in [3.63, 3.8) is 0 Å². The zero-order valence-corrected chi connectivity index (χ0v) is 38.2. The molecule has 0 radical (unpaired) electrons. The summed E-state index contributed by atoms with van der Waals surface area (Å²) in [4.78, 5) is 48.0. The number of unbranched alkanes of at least 4 members (excludes halogenated alkanes) is 13. The van der Waals surface area contributed by atoms with Crippen molar-refractivity contribution >= 4 is 23.9 Å². The molecule has 0 aromatic rings. The Labute approximate surface area is 363 Å². The van der Waals surface area contributed by atoms with E-state index in [1.165, 1.54) is 237 Å². The Morgan fingerprint density at radius 1 is 0.517 bits per heavy atom. The largest absolute Gasteiger partial charge is 0.481 e. The van der Waals surface area contributed by atoms with E-state index in [1.807, 2.05) is 0 Å². The van der Waals surface area contributed by atoms with Gasteiger partial charge in [0.15, 0.2) is 0 Å². The molecular weight excluding hydrogens is 759 g/mol. The molecule has 0 amide bonds. The van der Waals surface area contributed by atoms with Gasteiger partial charge in [-0.25, -0.2) is 9.59 Å². The van der Waals surface area contributed by atoms with Crippen molar-refractivity contribution in [1.82, 2.24) is 15.1 Å². The van der Waals surface area contributed by atoms with Gasteiger partial charge in [0.05, 0.1) is 10.8 Å². The van der Waals surface area contributed by atoms with Crippen molar-refractivity contribution in [2.24, 2.45) is 10.8 Å². The first kappa shape index (κ1) is 54.7. The Morgan fingerprint density at radius 3 is 1.10 bits per heavy atom. The summed E-state index contributed by atoms with van der Waals surface area (Å²) in [6.45, 7) is 18.3. The number of hydrogen-bond donors (Lipinski definition) is 5. The fourth-order valence-electron chi connectivity index (χ4n) is 7.77. The van der Waals surface area contributed by atoms with Gasteiger partial charge in [0.2, 0.25) is 0 Å². The molecule has 11 heteroatoms. The number of hydrogen-bond acceptors (Lipinski definition) is 7. The third-order valence-corrected chi connectivity index (χ3v) is 11.9. The Hall–Kier alpha value is -3.28. The molecule has 2 unspecified atom stereocenters. The first-order chi connectivity index (χ1) is 28.8. The van der Waals surface area contributed by atoms with Crippen molar-refractivity contribution in [2.75, 3.05) is 52.4 Å². The van der Waals surface area contributed by atoms with Crippen LogP contribution in [0.3, 0.4) is 0 Å². The minimum Gasteiger partial charge on any atom is -0.481 e. The first-order valence-corrected chi connectivity index (χ1v) is 23.6. The summed E-state index contributed by atoms with van der Waals surface area (Å²) in [7, 11) is 0. The summed E-state index contributed by atoms with van der Waals surface area (Å²) in [6.07, 6.45) is 39.1. The smallest absolute Gasteiger partial charge is 0.331 e. The van der Waals surface area contributed by atoms with Crippen LogP contribution in [0.1, 0.15) is 175 Å². The molecule has 0 aromatic carbocycles. The highest BCUT2D eigenvalue weighted by molar-refractivity contribution is 5.90. The highest BCUT2D eigenvalue weighted by Crippen LogP contribution is 2.32. The lowest BCUT2D eigenvalue weighted by Gasteiger charge is -2.23. The van der Waals surface area contributed by atoms with Crippen LogP contribution >= 0.6 is 0 Å². The standard InChI is InChI=1S/C14H29N.C13H27N.2C9H10O4.C4H9N/c1-2-3-4-5-6-7-8-9-12-15-13-10-11-14-15;1-2-3-4-5-6-7-8-11-14-12-9-10-13-14;2*1-9(8(12)13)4-2-3-6(5-9)7(10)11;1-2-4-5-3-1/h2-14H2,1H3;2-13H2,1H3;2*2-4H,5H2,1H3,(H,10,11)(H,12,13);5H,1-4H2. The molecule has 0 bridgehead atoms. The van der Waals surface area contributed by atoms with Gasteiger partial charge in [0, 0.05) is 11.1 Å². The molecule has 2 atom stereocenters. The van der Waals surface area contributed by atoms with E-state index in [2.05, 4.69) is 29.0 Å². The molecule has 0 saturated carbocycles. The number of nitrogens with one attached hydrogen (secondary N) is 1. The van der Waals surface area contributed by atoms with Gasteiger partial charge in [-0.3, -0.25) is 9.59 Å². The van der Waals surface area contributed by atoms with Crippen LogP contribution in [-0.4, -0.2) is 106 Å². The van der Waals surface area contributed by atoms with Crippen molar-refractivity contribution < 1.29 is 39.6 Å². The summed E-state index contributed by atoms with van der Waals surface area (Å²) in [5.41, 5.74) is -1.90. The van der Waals surface area contributed by atoms with E-state index in [4.69, 9.17) is 20.4 Å². The van der Waals surface area contributed by atoms with E-state index in [0.717, 1.165) is 0 Å². The second-order valence-corrected chi connectivity index (χ2v) is 17.7. The molecular formula is C49H85N3O8. The van der Waals surface area contributed by atoms with Crippen LogP contribution in [0.4, 0.5) is 0 Å². The van der Waals surface area contributed by atoms with Crippen LogP contribution in [0.2, 0.25) is 0 Å². The van der Waals surface area contributed by atoms with Crippen molar-refractivity contribution in [3.05, 3.63) is 47.6 Å². The van der Waals surface area contributed by atoms with E-state index < -0.39 is 34.7 Å². The van der Waals surface area contributed by atoms with Crippen LogP contribution in [0.25, 0.3) is 0 Å². The molecule has 5 aliphatic rings. The van der Waals surface area contributed by atoms with Crippen LogP contribution in [0, 0.1) is 10.8 Å². The van der Waals surface area contributed by atoms with Crippen molar-refractivity contribution in [1.29, 1.82) is 0 Å². The summed E-state index contributed by atoms with van der Waals surface area (Å²) >= 11 is 0. The minimum atomic E-state index is -1.08. The van der Waals surface area contributed by atoms with Crippen LogP contribution in [0.5, 0.6) is 0 Å². The SMILES string of the molecule is C1CCNC1.CC1(C(=O)O)C=CC=C(C(=O)O)C1.CC1(C(=O)O)C=CC=C(C(=O)O)C1.CCCCCCCCCCN1CCCC1.CCCCCCCCCN1CCCC1. The van der Waals surface area contributed by atoms with Gasteiger partial charge in [-0.05, 0) is 130 Å². The molecule has 3 fully saturated rings. The Balaban J connectivity index is 0.000000385. The number of nitrogens with zero attached hydrogens (tertiary/aromatic N) is 2. The normalized spacial score (nSPS) is 22.1. The van der Waals surface area contributed by atoms with Gasteiger partial charge in [-0.1, -0.05) is 134 Å². The van der Waals surface area contributed by atoms with Crippen LogP contribution in [-0.2, 0) is 19.2 Å². The monoisotopic (exact) mass is 844 g/mol. The third kappa shape index (κ3) is 25.5. The molecule has 3 aliphatic heterocycles. The van der Waals surface area contributed by atoms with E-state index >= 15 is 0 Å². The lowest BCUT2D eigenvalue weighted by atomic mass is 9.80. The summed E-state index contributed by atoms with van der Waals surface area (Å²) in [5.74, 6) is -4.13. The number of aliphatic carboxylic acids is 4. The van der Waals surface area contributed by atoms with Crippen molar-refractivity contribution in [2.45, 2.75) is 175 Å². The number of carboxylic acids is 4. The van der Waals surface area contributed by atoms with Crippen LogP contribution < -0.4 is 5.32 Å². The summed E-state index contributed by atoms with van der Waals surface area (Å²) < 4.78 is 0. The molecule has 5 rings (SSSR count). The second-order valence-electron chi connectivity index (χ2n) is 17.7. The average molecular weight is 844 g/mol. The minimum absolute atomic E-state index is 0.0359. The van der Waals surface area contributed by atoms with Gasteiger partial charge in [0.25, 0.3) is 0 Å². The average Bonchev–Trinajstić information content (AvgIpc) is 4.07. The maximum Gasteiger partial charge on any atom is 0.331 e. The molecule has 5 N–H and O–H groups in total. The number of carboxylic acid groups (broad SMARTS) is 4. The number of likely N-dealkylation sites (tertiary alicyclic amines) is 2. The quantitative estimate of drug-likeness (QED) is 0.0698. The Bertz CT molecular complexity index is 1260. The maximum atomic E-state index is 10.8. The summed E-state index contributed by atoms with van der Waals surface area (Å²) in [5, 5.41) is 38.2. The van der Waals surface area contributed by atoms with E-state index in [-0.39, 0.29) is 24.0 Å². The number of carbonyl (C=O) groups is 4. The summed E-state index contributed by atoms with van der Waals surface area (Å²) in [6, 6.07) is 0. The lowest BCUT2D eigenvalue weighted by Crippen LogP contribution is -2.28. The fourth-order valence-corrected chi connectivity index (χ4v) is 7.77. The predicted molar refractivity (Wildman–Crippen MR) is 244 cm³/mol. The second kappa shape index (κ2) is 33.4. The highest BCUT2D eigenvalue weighted by Gasteiger charge is 2.35. The van der Waals surface area contributed by atoms with Gasteiger partial charge < -0.3 is 35.5 Å². The van der Waals surface area contributed by atoms with E-state index in [0.29, 0.717) is 0 Å². The molecule has 2 aliphatic carbocycles. The highest BCUT2D eigenvalue weighted by atomic mass is 16.4. The zero-order chi connectivity index (χ0) is 44.5. The fraction of sp³-hybridized carbons (Fsp3) is 0.755. The Morgan fingerprint density at radius 2 is 0.833 bits per heavy atom. The lowest BCUT2D eigenvalue weighted by molar-refractivity contribution is -0.146. The molecule has 0 spiro atoms. The van der Waals surface area contributed by atoms with E-state index in [1.54, 1.807) is 0 Å². The molecule has 60 heavy (non-hydrogen) atoms. The van der Waals surface area contributed by atoms with Gasteiger partial charge >= 0.3 is 23.9 Å².